The Morgan fingerprint density at radius 3 is 2.42 bits per heavy atom. The molecule has 1 aliphatic rings. The van der Waals surface area contributed by atoms with Crippen LogP contribution in [0, 0.1) is 0 Å². The summed E-state index contributed by atoms with van der Waals surface area (Å²) in [5.74, 6) is 0. The number of ether oxygens (including phenoxy) is 1. The number of aliphatic hydroxyl groups excluding tert-OH is 3. The van der Waals surface area contributed by atoms with Crippen molar-refractivity contribution in [3.8, 4) is 0 Å². The smallest absolute Gasteiger partial charge is 0.217 e. The summed E-state index contributed by atoms with van der Waals surface area (Å²) in [6.07, 6.45) is -5.68. The summed E-state index contributed by atoms with van der Waals surface area (Å²) < 4.78 is 17.2. The van der Waals surface area contributed by atoms with Gasteiger partial charge < -0.3 is 25.8 Å². The molecule has 0 spiro atoms. The molecule has 1 heterocycles. The SMILES string of the molecule is N[C@H]1C(F)O[C@H](CO)[C@H](O)[C@@H]1O. The van der Waals surface area contributed by atoms with Crippen LogP contribution in [0.1, 0.15) is 0 Å². The molecule has 1 saturated heterocycles. The van der Waals surface area contributed by atoms with Crippen LogP contribution in [0.5, 0.6) is 0 Å². The third-order valence-electron chi connectivity index (χ3n) is 1.91. The van der Waals surface area contributed by atoms with E-state index in [9.17, 15) is 4.39 Å². The average molecular weight is 181 g/mol. The molecule has 12 heavy (non-hydrogen) atoms. The second-order valence-electron chi connectivity index (χ2n) is 2.77. The zero-order chi connectivity index (χ0) is 9.30. The van der Waals surface area contributed by atoms with Crippen molar-refractivity contribution in [2.45, 2.75) is 30.7 Å². The lowest BCUT2D eigenvalue weighted by Crippen LogP contribution is -2.60. The molecule has 1 aliphatic heterocycles. The Morgan fingerprint density at radius 1 is 1.33 bits per heavy atom. The van der Waals surface area contributed by atoms with E-state index in [2.05, 4.69) is 4.74 Å². The van der Waals surface area contributed by atoms with Crippen molar-refractivity contribution in [2.24, 2.45) is 5.73 Å². The molecule has 5 nitrogen and oxygen atoms in total. The van der Waals surface area contributed by atoms with Crippen LogP contribution in [0.2, 0.25) is 0 Å². The van der Waals surface area contributed by atoms with E-state index in [0.717, 1.165) is 0 Å². The highest BCUT2D eigenvalue weighted by Crippen LogP contribution is 2.19. The fraction of sp³-hybridized carbons (Fsp3) is 1.00. The van der Waals surface area contributed by atoms with E-state index in [1.807, 2.05) is 0 Å². The zero-order valence-electron chi connectivity index (χ0n) is 6.30. The maximum atomic E-state index is 12.7. The van der Waals surface area contributed by atoms with Crippen molar-refractivity contribution in [1.82, 2.24) is 0 Å². The van der Waals surface area contributed by atoms with Gasteiger partial charge in [-0.05, 0) is 0 Å². The van der Waals surface area contributed by atoms with Gasteiger partial charge in [0.05, 0.1) is 12.6 Å². The predicted molar refractivity (Wildman–Crippen MR) is 36.8 cm³/mol. The van der Waals surface area contributed by atoms with E-state index in [1.54, 1.807) is 0 Å². The van der Waals surface area contributed by atoms with Gasteiger partial charge in [-0.1, -0.05) is 0 Å². The minimum atomic E-state index is -1.85. The molecular weight excluding hydrogens is 169 g/mol. The molecule has 0 aromatic rings. The van der Waals surface area contributed by atoms with E-state index in [0.29, 0.717) is 0 Å². The van der Waals surface area contributed by atoms with E-state index < -0.39 is 37.3 Å². The summed E-state index contributed by atoms with van der Waals surface area (Å²) >= 11 is 0. The second-order valence-corrected chi connectivity index (χ2v) is 2.77. The lowest BCUT2D eigenvalue weighted by atomic mass is 9.98. The molecule has 0 amide bonds. The Kier molecular flexibility index (Phi) is 2.97. The maximum Gasteiger partial charge on any atom is 0.217 e. The van der Waals surface area contributed by atoms with Crippen LogP contribution in [-0.2, 0) is 4.74 Å². The van der Waals surface area contributed by atoms with E-state index >= 15 is 0 Å². The Labute approximate surface area is 68.6 Å². The van der Waals surface area contributed by atoms with Gasteiger partial charge in [-0.2, -0.15) is 0 Å². The van der Waals surface area contributed by atoms with Crippen molar-refractivity contribution in [3.63, 3.8) is 0 Å². The molecule has 5 N–H and O–H groups in total. The molecule has 0 bridgehead atoms. The van der Waals surface area contributed by atoms with Crippen LogP contribution in [0.3, 0.4) is 0 Å². The Bertz CT molecular complexity index is 154. The number of halogens is 1. The summed E-state index contributed by atoms with van der Waals surface area (Å²) in [4.78, 5) is 0. The molecule has 0 radical (unpaired) electrons. The summed E-state index contributed by atoms with van der Waals surface area (Å²) in [5, 5.41) is 26.8. The minimum absolute atomic E-state index is 0.550. The first-order valence-electron chi connectivity index (χ1n) is 3.60. The monoisotopic (exact) mass is 181 g/mol. The van der Waals surface area contributed by atoms with Gasteiger partial charge in [-0.3, -0.25) is 0 Å². The molecule has 0 aromatic heterocycles. The summed E-state index contributed by atoms with van der Waals surface area (Å²) in [7, 11) is 0. The van der Waals surface area contributed by atoms with Gasteiger partial charge >= 0.3 is 0 Å². The van der Waals surface area contributed by atoms with Crippen molar-refractivity contribution < 1.29 is 24.4 Å². The summed E-state index contributed by atoms with van der Waals surface area (Å²) in [6, 6.07) is -1.26. The van der Waals surface area contributed by atoms with Crippen LogP contribution in [-0.4, -0.2) is 52.6 Å². The first-order chi connectivity index (χ1) is 5.57. The lowest BCUT2D eigenvalue weighted by molar-refractivity contribution is -0.223. The van der Waals surface area contributed by atoms with Crippen molar-refractivity contribution in [2.75, 3.05) is 6.61 Å². The Hall–Kier alpha value is -0.270. The Balaban J connectivity index is 2.63. The number of hydrogen-bond acceptors (Lipinski definition) is 5. The maximum absolute atomic E-state index is 12.7. The first kappa shape index (κ1) is 9.82. The quantitative estimate of drug-likeness (QED) is 0.365. The highest BCUT2D eigenvalue weighted by molar-refractivity contribution is 4.90. The second kappa shape index (κ2) is 3.63. The molecule has 72 valence electrons. The zero-order valence-corrected chi connectivity index (χ0v) is 6.30. The largest absolute Gasteiger partial charge is 0.394 e. The third kappa shape index (κ3) is 1.57. The lowest BCUT2D eigenvalue weighted by Gasteiger charge is -2.37. The standard InChI is InChI=1S/C6H12FNO4/c7-6-3(8)5(11)4(10)2(1-9)12-6/h2-6,9-11H,1,8H2/t2-,3-,4+,5-,6?/m1/s1. The topological polar surface area (TPSA) is 95.9 Å². The van der Waals surface area contributed by atoms with Gasteiger partial charge in [0.2, 0.25) is 6.36 Å². The number of hydrogen-bond donors (Lipinski definition) is 4. The molecule has 5 atom stereocenters. The molecule has 0 aromatic carbocycles. The number of aliphatic hydroxyl groups is 3. The van der Waals surface area contributed by atoms with Crippen LogP contribution < -0.4 is 5.73 Å². The van der Waals surface area contributed by atoms with Crippen LogP contribution in [0.4, 0.5) is 4.39 Å². The molecule has 0 aliphatic carbocycles. The molecule has 1 fully saturated rings. The van der Waals surface area contributed by atoms with E-state index in [4.69, 9.17) is 21.1 Å². The van der Waals surface area contributed by atoms with Crippen LogP contribution in [0.25, 0.3) is 0 Å². The molecule has 1 rings (SSSR count). The highest BCUT2D eigenvalue weighted by atomic mass is 19.1. The summed E-state index contributed by atoms with van der Waals surface area (Å²) in [5.41, 5.74) is 5.14. The van der Waals surface area contributed by atoms with Gasteiger partial charge in [-0.25, -0.2) is 4.39 Å². The normalized spacial score (nSPS) is 49.2. The minimum Gasteiger partial charge on any atom is -0.394 e. The third-order valence-corrected chi connectivity index (χ3v) is 1.91. The van der Waals surface area contributed by atoms with Crippen LogP contribution in [0.15, 0.2) is 0 Å². The van der Waals surface area contributed by atoms with Crippen LogP contribution >= 0.6 is 0 Å². The van der Waals surface area contributed by atoms with Crippen molar-refractivity contribution in [1.29, 1.82) is 0 Å². The predicted octanol–water partition coefficient (Wildman–Crippen LogP) is -2.28. The molecule has 1 unspecified atom stereocenters. The highest BCUT2D eigenvalue weighted by Gasteiger charge is 2.42. The first-order valence-corrected chi connectivity index (χ1v) is 3.60. The Morgan fingerprint density at radius 2 is 1.92 bits per heavy atom. The fourth-order valence-corrected chi connectivity index (χ4v) is 1.09. The van der Waals surface area contributed by atoms with Crippen molar-refractivity contribution >= 4 is 0 Å². The van der Waals surface area contributed by atoms with Gasteiger partial charge in [-0.15, -0.1) is 0 Å². The molecular formula is C6H12FNO4. The van der Waals surface area contributed by atoms with E-state index in [1.165, 1.54) is 0 Å². The number of alkyl halides is 1. The number of nitrogens with two attached hydrogens (primary N) is 1. The van der Waals surface area contributed by atoms with Gasteiger partial charge in [0.1, 0.15) is 18.3 Å². The van der Waals surface area contributed by atoms with Gasteiger partial charge in [0.25, 0.3) is 0 Å². The summed E-state index contributed by atoms with van der Waals surface area (Å²) in [6.45, 7) is -0.550. The van der Waals surface area contributed by atoms with Gasteiger partial charge in [0.15, 0.2) is 0 Å². The average Bonchev–Trinajstić information content (AvgIpc) is 2.08. The molecule has 0 saturated carbocycles. The van der Waals surface area contributed by atoms with Crippen molar-refractivity contribution in [3.05, 3.63) is 0 Å². The number of rotatable bonds is 1. The van der Waals surface area contributed by atoms with Gasteiger partial charge in [0, 0.05) is 0 Å². The van der Waals surface area contributed by atoms with E-state index in [-0.39, 0.29) is 0 Å². The molecule has 6 heteroatoms. The fourth-order valence-electron chi connectivity index (χ4n) is 1.09.